The summed E-state index contributed by atoms with van der Waals surface area (Å²) >= 11 is 0. The van der Waals surface area contributed by atoms with E-state index in [9.17, 15) is 9.50 Å². The molecular weight excluding hydrogens is 359 g/mol. The summed E-state index contributed by atoms with van der Waals surface area (Å²) in [5.74, 6) is 0.365. The van der Waals surface area contributed by atoms with Crippen molar-refractivity contribution >= 4 is 0 Å². The highest BCUT2D eigenvalue weighted by molar-refractivity contribution is 5.72. The van der Waals surface area contributed by atoms with Crippen LogP contribution < -0.4 is 4.74 Å². The summed E-state index contributed by atoms with van der Waals surface area (Å²) in [4.78, 5) is 8.54. The maximum absolute atomic E-state index is 13.9. The number of phenolic OH excluding ortho intramolecular Hbond substituents is 1. The van der Waals surface area contributed by atoms with Crippen molar-refractivity contribution in [1.82, 2.24) is 20.2 Å². The Balaban J connectivity index is 1.52. The van der Waals surface area contributed by atoms with Gasteiger partial charge in [-0.15, -0.1) is 10.2 Å². The van der Waals surface area contributed by atoms with Crippen molar-refractivity contribution in [3.05, 3.63) is 48.4 Å². The molecule has 2 aromatic heterocycles. The Kier molecular flexibility index (Phi) is 5.14. The average Bonchev–Trinajstić information content (AvgIpc) is 2.70. The zero-order valence-corrected chi connectivity index (χ0v) is 15.5. The number of halogens is 1. The first kappa shape index (κ1) is 18.3. The van der Waals surface area contributed by atoms with Gasteiger partial charge >= 0.3 is 0 Å². The lowest BCUT2D eigenvalue weighted by atomic mass is 9.96. The zero-order valence-electron chi connectivity index (χ0n) is 15.5. The van der Waals surface area contributed by atoms with Gasteiger partial charge in [0.1, 0.15) is 18.0 Å². The fraction of sp³-hybridized carbons (Fsp3) is 0.333. The first-order valence-corrected chi connectivity index (χ1v) is 9.37. The Bertz CT molecular complexity index is 965. The molecule has 2 heterocycles. The minimum Gasteiger partial charge on any atom is -0.507 e. The van der Waals surface area contributed by atoms with Crippen LogP contribution in [0.5, 0.6) is 11.6 Å². The molecule has 4 rings (SSSR count). The highest BCUT2D eigenvalue weighted by atomic mass is 19.1. The summed E-state index contributed by atoms with van der Waals surface area (Å²) < 4.78 is 19.6. The summed E-state index contributed by atoms with van der Waals surface area (Å²) in [7, 11) is 0. The van der Waals surface area contributed by atoms with Crippen LogP contribution in [0.15, 0.2) is 42.7 Å². The van der Waals surface area contributed by atoms with Crippen LogP contribution in [0.25, 0.3) is 22.5 Å². The number of rotatable bonds is 4. The third kappa shape index (κ3) is 3.93. The van der Waals surface area contributed by atoms with Crippen LogP contribution in [0.4, 0.5) is 4.39 Å². The van der Waals surface area contributed by atoms with Crippen molar-refractivity contribution in [3.63, 3.8) is 0 Å². The predicted molar refractivity (Wildman–Crippen MR) is 103 cm³/mol. The number of phenols is 1. The molecule has 0 unspecified atom stereocenters. The molecule has 0 saturated heterocycles. The maximum atomic E-state index is 13.9. The molecule has 0 bridgehead atoms. The number of aromatic nitrogens is 4. The quantitative estimate of drug-likeness (QED) is 0.728. The van der Waals surface area contributed by atoms with E-state index in [1.807, 2.05) is 13.0 Å². The normalized spacial score (nSPS) is 19.4. The standard InChI is InChI=1S/C21H21FN4O2/c1-13-11-23-12-18(24-13)14-6-7-15(19(27)10-14)17-8-9-21(26-25-17)28-20-5-3-2-4-16(20)22/h6-12,16,20,27H,2-5H2,1H3/t16-,20+/m1/s1. The molecule has 0 radical (unpaired) electrons. The monoisotopic (exact) mass is 380 g/mol. The molecule has 1 saturated carbocycles. The van der Waals surface area contributed by atoms with Crippen molar-refractivity contribution in [2.24, 2.45) is 0 Å². The third-order valence-corrected chi connectivity index (χ3v) is 4.86. The lowest BCUT2D eigenvalue weighted by Gasteiger charge is -2.25. The summed E-state index contributed by atoms with van der Waals surface area (Å²) in [5, 5.41) is 18.6. The predicted octanol–water partition coefficient (Wildman–Crippen LogP) is 4.27. The second-order valence-corrected chi connectivity index (χ2v) is 6.99. The van der Waals surface area contributed by atoms with Crippen LogP contribution in [0.1, 0.15) is 31.4 Å². The van der Waals surface area contributed by atoms with Crippen molar-refractivity contribution in [2.45, 2.75) is 44.9 Å². The molecule has 144 valence electrons. The van der Waals surface area contributed by atoms with Crippen LogP contribution in [-0.2, 0) is 0 Å². The van der Waals surface area contributed by atoms with Gasteiger partial charge in [0.2, 0.25) is 5.88 Å². The Morgan fingerprint density at radius 1 is 1.04 bits per heavy atom. The van der Waals surface area contributed by atoms with Gasteiger partial charge in [0.15, 0.2) is 0 Å². The van der Waals surface area contributed by atoms with Gasteiger partial charge in [-0.3, -0.25) is 4.98 Å². The van der Waals surface area contributed by atoms with Gasteiger partial charge in [-0.1, -0.05) is 12.5 Å². The van der Waals surface area contributed by atoms with E-state index in [-0.39, 0.29) is 5.75 Å². The second kappa shape index (κ2) is 7.88. The molecule has 1 aliphatic rings. The van der Waals surface area contributed by atoms with Gasteiger partial charge in [-0.2, -0.15) is 0 Å². The Morgan fingerprint density at radius 3 is 2.61 bits per heavy atom. The average molecular weight is 380 g/mol. The summed E-state index contributed by atoms with van der Waals surface area (Å²) in [6.07, 6.45) is 4.98. The molecule has 0 aliphatic heterocycles. The topological polar surface area (TPSA) is 81.0 Å². The van der Waals surface area contributed by atoms with E-state index in [0.717, 1.165) is 24.1 Å². The lowest BCUT2D eigenvalue weighted by molar-refractivity contribution is 0.0594. The van der Waals surface area contributed by atoms with E-state index in [4.69, 9.17) is 4.74 Å². The van der Waals surface area contributed by atoms with Crippen molar-refractivity contribution < 1.29 is 14.2 Å². The fourth-order valence-electron chi connectivity index (χ4n) is 3.38. The molecule has 0 amide bonds. The fourth-order valence-corrected chi connectivity index (χ4v) is 3.38. The molecule has 7 heteroatoms. The smallest absolute Gasteiger partial charge is 0.233 e. The number of hydrogen-bond acceptors (Lipinski definition) is 6. The maximum Gasteiger partial charge on any atom is 0.233 e. The molecule has 1 aromatic carbocycles. The molecule has 3 aromatic rings. The van der Waals surface area contributed by atoms with Crippen molar-refractivity contribution in [1.29, 1.82) is 0 Å². The minimum atomic E-state index is -0.962. The second-order valence-electron chi connectivity index (χ2n) is 6.99. The molecule has 28 heavy (non-hydrogen) atoms. The Hall–Kier alpha value is -3.09. The number of ether oxygens (including phenoxy) is 1. The van der Waals surface area contributed by atoms with Crippen LogP contribution >= 0.6 is 0 Å². The number of aromatic hydroxyl groups is 1. The highest BCUT2D eigenvalue weighted by Crippen LogP contribution is 2.32. The summed E-state index contributed by atoms with van der Waals surface area (Å²) in [6, 6.07) is 8.60. The summed E-state index contributed by atoms with van der Waals surface area (Å²) in [6.45, 7) is 1.86. The number of aryl methyl sites for hydroxylation is 1. The third-order valence-electron chi connectivity index (χ3n) is 4.86. The van der Waals surface area contributed by atoms with E-state index in [1.165, 1.54) is 0 Å². The van der Waals surface area contributed by atoms with E-state index in [2.05, 4.69) is 20.2 Å². The van der Waals surface area contributed by atoms with E-state index in [1.54, 1.807) is 36.7 Å². The number of alkyl halides is 1. The van der Waals surface area contributed by atoms with Gasteiger partial charge in [-0.05, 0) is 44.4 Å². The van der Waals surface area contributed by atoms with Gasteiger partial charge in [0.25, 0.3) is 0 Å². The highest BCUT2D eigenvalue weighted by Gasteiger charge is 2.26. The lowest BCUT2D eigenvalue weighted by Crippen LogP contribution is -2.32. The Labute approximate surface area is 162 Å². The zero-order chi connectivity index (χ0) is 19.5. The molecule has 6 nitrogen and oxygen atoms in total. The van der Waals surface area contributed by atoms with Gasteiger partial charge < -0.3 is 9.84 Å². The van der Waals surface area contributed by atoms with E-state index < -0.39 is 12.3 Å². The van der Waals surface area contributed by atoms with Gasteiger partial charge in [0, 0.05) is 23.4 Å². The Morgan fingerprint density at radius 2 is 1.89 bits per heavy atom. The van der Waals surface area contributed by atoms with Gasteiger partial charge in [0.05, 0.1) is 23.3 Å². The first-order chi connectivity index (χ1) is 13.6. The van der Waals surface area contributed by atoms with Crippen molar-refractivity contribution in [3.8, 4) is 34.1 Å². The number of hydrogen-bond donors (Lipinski definition) is 1. The molecule has 0 spiro atoms. The van der Waals surface area contributed by atoms with E-state index in [0.29, 0.717) is 35.7 Å². The molecule has 1 aliphatic carbocycles. The minimum absolute atomic E-state index is 0.0693. The van der Waals surface area contributed by atoms with Crippen LogP contribution in [0.3, 0.4) is 0 Å². The molecular formula is C21H21FN4O2. The number of nitrogens with zero attached hydrogens (tertiary/aromatic N) is 4. The van der Waals surface area contributed by atoms with E-state index >= 15 is 0 Å². The number of benzene rings is 1. The van der Waals surface area contributed by atoms with Crippen LogP contribution in [-0.4, -0.2) is 37.5 Å². The van der Waals surface area contributed by atoms with Crippen LogP contribution in [0, 0.1) is 6.92 Å². The first-order valence-electron chi connectivity index (χ1n) is 9.37. The molecule has 2 atom stereocenters. The molecule has 1 N–H and O–H groups in total. The van der Waals surface area contributed by atoms with Crippen LogP contribution in [0.2, 0.25) is 0 Å². The molecule has 1 fully saturated rings. The van der Waals surface area contributed by atoms with Gasteiger partial charge in [-0.25, -0.2) is 9.37 Å². The largest absolute Gasteiger partial charge is 0.507 e. The summed E-state index contributed by atoms with van der Waals surface area (Å²) in [5.41, 5.74) is 3.30. The van der Waals surface area contributed by atoms with Crippen molar-refractivity contribution in [2.75, 3.05) is 0 Å². The SMILES string of the molecule is Cc1cncc(-c2ccc(-c3ccc(O[C@H]4CCCC[C@H]4F)nn3)c(O)c2)n1.